The zero-order valence-electron chi connectivity index (χ0n) is 14.7. The second-order valence-electron chi connectivity index (χ2n) is 5.69. The number of hydrogen-bond acceptors (Lipinski definition) is 7. The molecule has 1 fully saturated rings. The average Bonchev–Trinajstić information content (AvgIpc) is 2.72. The molecular weight excluding hydrogens is 336 g/mol. The minimum absolute atomic E-state index is 0.0748. The Bertz CT molecular complexity index is 735. The minimum atomic E-state index is -0.223. The quantitative estimate of drug-likeness (QED) is 0.791. The van der Waals surface area contributed by atoms with Crippen LogP contribution >= 0.6 is 0 Å². The van der Waals surface area contributed by atoms with E-state index in [1.165, 1.54) is 0 Å². The molecule has 2 aromatic rings. The van der Waals surface area contributed by atoms with Gasteiger partial charge in [-0.2, -0.15) is 0 Å². The SMILES string of the molecule is COc1cccc(OCC(=O)NCc2ccnc(N3CCOCC3)n2)c1. The van der Waals surface area contributed by atoms with Crippen LogP contribution in [0.3, 0.4) is 0 Å². The van der Waals surface area contributed by atoms with Crippen LogP contribution in [0, 0.1) is 0 Å². The van der Waals surface area contributed by atoms with Crippen molar-refractivity contribution in [3.8, 4) is 11.5 Å². The molecular formula is C18H22N4O4. The third-order valence-electron chi connectivity index (χ3n) is 3.87. The number of morpholine rings is 1. The molecule has 0 saturated carbocycles. The molecule has 0 spiro atoms. The lowest BCUT2D eigenvalue weighted by Gasteiger charge is -2.26. The van der Waals surface area contributed by atoms with E-state index in [1.807, 2.05) is 6.07 Å². The number of aromatic nitrogens is 2. The van der Waals surface area contributed by atoms with Crippen molar-refractivity contribution in [3.63, 3.8) is 0 Å². The lowest BCUT2D eigenvalue weighted by atomic mass is 10.3. The topological polar surface area (TPSA) is 85.8 Å². The predicted molar refractivity (Wildman–Crippen MR) is 95.4 cm³/mol. The number of carbonyl (C=O) groups is 1. The van der Waals surface area contributed by atoms with Gasteiger partial charge in [-0.25, -0.2) is 9.97 Å². The van der Waals surface area contributed by atoms with Gasteiger partial charge in [-0.3, -0.25) is 4.79 Å². The van der Waals surface area contributed by atoms with E-state index < -0.39 is 0 Å². The van der Waals surface area contributed by atoms with Gasteiger partial charge in [0.05, 0.1) is 32.6 Å². The molecule has 1 aromatic heterocycles. The van der Waals surface area contributed by atoms with E-state index in [-0.39, 0.29) is 12.5 Å². The van der Waals surface area contributed by atoms with E-state index >= 15 is 0 Å². The summed E-state index contributed by atoms with van der Waals surface area (Å²) in [6.45, 7) is 3.13. The van der Waals surface area contributed by atoms with Crippen LogP contribution < -0.4 is 19.7 Å². The Balaban J connectivity index is 1.48. The largest absolute Gasteiger partial charge is 0.497 e. The molecule has 26 heavy (non-hydrogen) atoms. The number of nitrogens with one attached hydrogen (secondary N) is 1. The number of hydrogen-bond donors (Lipinski definition) is 1. The molecule has 138 valence electrons. The summed E-state index contributed by atoms with van der Waals surface area (Å²) in [7, 11) is 1.58. The molecule has 0 unspecified atom stereocenters. The summed E-state index contributed by atoms with van der Waals surface area (Å²) < 4.78 is 15.9. The molecule has 0 bridgehead atoms. The average molecular weight is 358 g/mol. The zero-order chi connectivity index (χ0) is 18.2. The van der Waals surface area contributed by atoms with E-state index in [4.69, 9.17) is 14.2 Å². The molecule has 8 nitrogen and oxygen atoms in total. The summed E-state index contributed by atoms with van der Waals surface area (Å²) in [6.07, 6.45) is 1.70. The molecule has 8 heteroatoms. The van der Waals surface area contributed by atoms with Gasteiger partial charge in [-0.05, 0) is 18.2 Å². The Morgan fingerprint density at radius 1 is 1.27 bits per heavy atom. The van der Waals surface area contributed by atoms with Gasteiger partial charge in [0, 0.05) is 25.4 Å². The predicted octanol–water partition coefficient (Wildman–Crippen LogP) is 1.02. The van der Waals surface area contributed by atoms with Crippen LogP contribution in [0.15, 0.2) is 36.5 Å². The van der Waals surface area contributed by atoms with Gasteiger partial charge in [-0.1, -0.05) is 6.07 Å². The Morgan fingerprint density at radius 3 is 2.88 bits per heavy atom. The first-order valence-corrected chi connectivity index (χ1v) is 8.43. The highest BCUT2D eigenvalue weighted by Gasteiger charge is 2.14. The van der Waals surface area contributed by atoms with Crippen molar-refractivity contribution in [2.45, 2.75) is 6.54 Å². The molecule has 1 N–H and O–H groups in total. The van der Waals surface area contributed by atoms with Crippen molar-refractivity contribution in [2.75, 3.05) is 44.9 Å². The van der Waals surface area contributed by atoms with E-state index in [2.05, 4.69) is 20.2 Å². The maximum Gasteiger partial charge on any atom is 0.258 e. The van der Waals surface area contributed by atoms with Gasteiger partial charge in [0.1, 0.15) is 11.5 Å². The van der Waals surface area contributed by atoms with Crippen LogP contribution in [0.25, 0.3) is 0 Å². The third-order valence-corrected chi connectivity index (χ3v) is 3.87. The van der Waals surface area contributed by atoms with Crippen molar-refractivity contribution >= 4 is 11.9 Å². The number of methoxy groups -OCH3 is 1. The number of amides is 1. The van der Waals surface area contributed by atoms with Gasteiger partial charge in [0.25, 0.3) is 5.91 Å². The van der Waals surface area contributed by atoms with E-state index in [1.54, 1.807) is 37.6 Å². The summed E-state index contributed by atoms with van der Waals surface area (Å²) in [5, 5.41) is 2.80. The normalized spacial score (nSPS) is 14.0. The fourth-order valence-corrected chi connectivity index (χ4v) is 2.48. The van der Waals surface area contributed by atoms with Crippen LogP contribution in [0.5, 0.6) is 11.5 Å². The zero-order valence-corrected chi connectivity index (χ0v) is 14.7. The van der Waals surface area contributed by atoms with Crippen molar-refractivity contribution in [1.82, 2.24) is 15.3 Å². The lowest BCUT2D eigenvalue weighted by molar-refractivity contribution is -0.123. The standard InChI is InChI=1S/C18H22N4O4/c1-24-15-3-2-4-16(11-15)26-13-17(23)20-12-14-5-6-19-18(21-14)22-7-9-25-10-8-22/h2-6,11H,7-10,12-13H2,1H3,(H,20,23). The highest BCUT2D eigenvalue weighted by Crippen LogP contribution is 2.18. The molecule has 3 rings (SSSR count). The fourth-order valence-electron chi connectivity index (χ4n) is 2.48. The van der Waals surface area contributed by atoms with Crippen molar-refractivity contribution in [2.24, 2.45) is 0 Å². The second kappa shape index (κ2) is 9.00. The molecule has 1 aliphatic rings. The maximum atomic E-state index is 12.0. The lowest BCUT2D eigenvalue weighted by Crippen LogP contribution is -2.37. The van der Waals surface area contributed by atoms with Crippen molar-refractivity contribution in [1.29, 1.82) is 0 Å². The Labute approximate surface area is 152 Å². The number of ether oxygens (including phenoxy) is 3. The second-order valence-corrected chi connectivity index (χ2v) is 5.69. The Hall–Kier alpha value is -2.87. The van der Waals surface area contributed by atoms with Crippen LogP contribution in [0.2, 0.25) is 0 Å². The molecule has 0 aliphatic carbocycles. The molecule has 1 aromatic carbocycles. The smallest absolute Gasteiger partial charge is 0.258 e. The van der Waals surface area contributed by atoms with E-state index in [9.17, 15) is 4.79 Å². The first kappa shape index (κ1) is 17.9. The summed E-state index contributed by atoms with van der Waals surface area (Å²) in [4.78, 5) is 22.9. The van der Waals surface area contributed by atoms with Crippen LogP contribution in [-0.2, 0) is 16.1 Å². The third kappa shape index (κ3) is 5.06. The van der Waals surface area contributed by atoms with E-state index in [0.717, 1.165) is 18.8 Å². The van der Waals surface area contributed by atoms with Crippen molar-refractivity contribution < 1.29 is 19.0 Å². The first-order chi connectivity index (χ1) is 12.7. The van der Waals surface area contributed by atoms with Gasteiger partial charge in [0.2, 0.25) is 5.95 Å². The molecule has 1 saturated heterocycles. The van der Waals surface area contributed by atoms with Gasteiger partial charge in [0.15, 0.2) is 6.61 Å². The van der Waals surface area contributed by atoms with E-state index in [0.29, 0.717) is 37.2 Å². The van der Waals surface area contributed by atoms with Crippen molar-refractivity contribution in [3.05, 3.63) is 42.2 Å². The first-order valence-electron chi connectivity index (χ1n) is 8.43. The number of anilines is 1. The Kier molecular flexibility index (Phi) is 6.21. The molecule has 2 heterocycles. The fraction of sp³-hybridized carbons (Fsp3) is 0.389. The minimum Gasteiger partial charge on any atom is -0.497 e. The number of carbonyl (C=O) groups excluding carboxylic acids is 1. The molecule has 1 aliphatic heterocycles. The van der Waals surface area contributed by atoms with Gasteiger partial charge >= 0.3 is 0 Å². The number of benzene rings is 1. The highest BCUT2D eigenvalue weighted by molar-refractivity contribution is 5.77. The summed E-state index contributed by atoms with van der Waals surface area (Å²) in [5.41, 5.74) is 0.747. The van der Waals surface area contributed by atoms with Crippen LogP contribution in [0.4, 0.5) is 5.95 Å². The summed E-state index contributed by atoms with van der Waals surface area (Å²) >= 11 is 0. The molecule has 0 radical (unpaired) electrons. The Morgan fingerprint density at radius 2 is 2.08 bits per heavy atom. The van der Waals surface area contributed by atoms with Crippen LogP contribution in [0.1, 0.15) is 5.69 Å². The van der Waals surface area contributed by atoms with Crippen LogP contribution in [-0.4, -0.2) is 55.9 Å². The van der Waals surface area contributed by atoms with Gasteiger partial charge < -0.3 is 24.4 Å². The number of nitrogens with zero attached hydrogens (tertiary/aromatic N) is 3. The summed E-state index contributed by atoms with van der Waals surface area (Å²) in [6, 6.07) is 8.91. The van der Waals surface area contributed by atoms with Gasteiger partial charge in [-0.15, -0.1) is 0 Å². The number of rotatable bonds is 7. The molecule has 1 amide bonds. The summed E-state index contributed by atoms with van der Waals surface area (Å²) in [5.74, 6) is 1.70. The maximum absolute atomic E-state index is 12.0. The monoisotopic (exact) mass is 358 g/mol. The molecule has 0 atom stereocenters. The highest BCUT2D eigenvalue weighted by atomic mass is 16.5.